The van der Waals surface area contributed by atoms with Gasteiger partial charge in [0.15, 0.2) is 0 Å². The molecule has 1 heterocycles. The fourth-order valence-corrected chi connectivity index (χ4v) is 0.995. The first-order chi connectivity index (χ1) is 4.47. The van der Waals surface area contributed by atoms with Gasteiger partial charge in [0.05, 0.1) is 0 Å². The van der Waals surface area contributed by atoms with Crippen LogP contribution in [0.15, 0.2) is 36.5 Å². The number of halogens is 2. The molecule has 0 unspecified atom stereocenters. The molecule has 0 aliphatic carbocycles. The van der Waals surface area contributed by atoms with E-state index in [9.17, 15) is 0 Å². The quantitative estimate of drug-likeness (QED) is 0.761. The summed E-state index contributed by atoms with van der Waals surface area (Å²) in [5.74, 6) is 0. The lowest BCUT2D eigenvalue weighted by Crippen LogP contribution is -1.61. The molecule has 0 fully saturated rings. The van der Waals surface area contributed by atoms with Gasteiger partial charge in [-0.25, -0.2) is 0 Å². The number of para-hydroxylation sites is 1. The fraction of sp³-hybridized carbons (Fsp3) is 0. The number of hydrogen-bond acceptors (Lipinski definition) is 0. The summed E-state index contributed by atoms with van der Waals surface area (Å²) < 4.78 is 0. The van der Waals surface area contributed by atoms with Gasteiger partial charge in [-0.05, 0) is 17.5 Å². The Bertz CT molecular complexity index is 286. The van der Waals surface area contributed by atoms with E-state index in [1.807, 2.05) is 18.3 Å². The van der Waals surface area contributed by atoms with Gasteiger partial charge in [-0.1, -0.05) is 18.2 Å². The van der Waals surface area contributed by atoms with Gasteiger partial charge >= 0.3 is 0 Å². The zero-order valence-electron chi connectivity index (χ0n) is 5.78. The molecule has 0 bridgehead atoms. The monoisotopic (exact) mass is 277 g/mol. The molecule has 0 aliphatic heterocycles. The number of aromatic nitrogens is 1. The van der Waals surface area contributed by atoms with Crippen LogP contribution in [0.1, 0.15) is 0 Å². The van der Waals surface area contributed by atoms with Crippen LogP contribution in [0.4, 0.5) is 0 Å². The van der Waals surface area contributed by atoms with Crippen LogP contribution in [-0.4, -0.2) is 4.98 Å². The largest absolute Gasteiger partial charge is 0.361 e. The summed E-state index contributed by atoms with van der Waals surface area (Å²) in [6, 6.07) is 10.3. The van der Waals surface area contributed by atoms with Crippen LogP contribution in [0.3, 0.4) is 0 Å². The minimum absolute atomic E-state index is 0. The zero-order chi connectivity index (χ0) is 6.10. The first-order valence-electron chi connectivity index (χ1n) is 2.99. The maximum atomic E-state index is 3.12. The number of fused-ring (bicyclic) bond motifs is 1. The summed E-state index contributed by atoms with van der Waals surface area (Å²) in [6.45, 7) is 0. The van der Waals surface area contributed by atoms with Gasteiger partial charge in [0.25, 0.3) is 0 Å². The van der Waals surface area contributed by atoms with Gasteiger partial charge in [-0.2, -0.15) is 0 Å². The molecule has 3 heteroatoms. The molecule has 1 aromatic carbocycles. The van der Waals surface area contributed by atoms with Crippen molar-refractivity contribution in [2.75, 3.05) is 0 Å². The number of benzene rings is 1. The molecule has 0 saturated heterocycles. The SMILES string of the molecule is Br.Br.c1ccc2[nH]ccc2c1. The van der Waals surface area contributed by atoms with Crippen LogP contribution in [-0.2, 0) is 0 Å². The molecule has 11 heavy (non-hydrogen) atoms. The van der Waals surface area contributed by atoms with Crippen LogP contribution in [0, 0.1) is 0 Å². The number of rotatable bonds is 0. The summed E-state index contributed by atoms with van der Waals surface area (Å²) in [5.41, 5.74) is 1.21. The summed E-state index contributed by atoms with van der Waals surface area (Å²) in [4.78, 5) is 3.12. The van der Waals surface area contributed by atoms with Gasteiger partial charge < -0.3 is 4.98 Å². The second kappa shape index (κ2) is 4.57. The van der Waals surface area contributed by atoms with Crippen molar-refractivity contribution in [1.29, 1.82) is 0 Å². The molecule has 0 saturated carbocycles. The van der Waals surface area contributed by atoms with E-state index in [1.165, 1.54) is 10.9 Å². The van der Waals surface area contributed by atoms with E-state index in [-0.39, 0.29) is 34.0 Å². The molecule has 2 aromatic rings. The van der Waals surface area contributed by atoms with Gasteiger partial charge in [-0.3, -0.25) is 0 Å². The van der Waals surface area contributed by atoms with Crippen molar-refractivity contribution in [2.45, 2.75) is 0 Å². The first-order valence-corrected chi connectivity index (χ1v) is 2.99. The van der Waals surface area contributed by atoms with Crippen molar-refractivity contribution >= 4 is 44.9 Å². The first kappa shape index (κ1) is 10.7. The highest BCUT2D eigenvalue weighted by atomic mass is 79.9. The van der Waals surface area contributed by atoms with E-state index in [1.54, 1.807) is 0 Å². The minimum Gasteiger partial charge on any atom is -0.361 e. The lowest BCUT2D eigenvalue weighted by molar-refractivity contribution is 1.48. The number of H-pyrrole nitrogens is 1. The number of hydrogen-bond donors (Lipinski definition) is 1. The molecule has 0 radical (unpaired) electrons. The van der Waals surface area contributed by atoms with Crippen molar-refractivity contribution < 1.29 is 0 Å². The van der Waals surface area contributed by atoms with Crippen molar-refractivity contribution in [3.63, 3.8) is 0 Å². The van der Waals surface area contributed by atoms with E-state index in [4.69, 9.17) is 0 Å². The smallest absolute Gasteiger partial charge is 0.0453 e. The van der Waals surface area contributed by atoms with Crippen LogP contribution < -0.4 is 0 Å². The third kappa shape index (κ3) is 2.07. The Hall–Kier alpha value is -0.280. The molecule has 60 valence electrons. The standard InChI is InChI=1S/C8H7N.2BrH/c1-2-4-8-7(3-1)5-6-9-8;;/h1-6,9H;2*1H. The molecule has 2 rings (SSSR count). The molecule has 1 nitrogen and oxygen atoms in total. The van der Waals surface area contributed by atoms with Crippen LogP contribution in [0.5, 0.6) is 0 Å². The molecule has 1 N–H and O–H groups in total. The van der Waals surface area contributed by atoms with Gasteiger partial charge in [0.1, 0.15) is 0 Å². The van der Waals surface area contributed by atoms with E-state index < -0.39 is 0 Å². The lowest BCUT2D eigenvalue weighted by Gasteiger charge is -1.83. The molecule has 0 aliphatic rings. The molecule has 0 amide bonds. The Balaban J connectivity index is 0.000000500. The Morgan fingerprint density at radius 3 is 2.36 bits per heavy atom. The molecular formula is C8H9Br2N. The van der Waals surface area contributed by atoms with E-state index >= 15 is 0 Å². The average molecular weight is 279 g/mol. The highest BCUT2D eigenvalue weighted by Gasteiger charge is 1.86. The predicted octanol–water partition coefficient (Wildman–Crippen LogP) is 3.32. The van der Waals surface area contributed by atoms with E-state index in [0.717, 1.165) is 0 Å². The van der Waals surface area contributed by atoms with Crippen LogP contribution >= 0.6 is 34.0 Å². The molecular weight excluding hydrogens is 270 g/mol. The summed E-state index contributed by atoms with van der Waals surface area (Å²) in [6.07, 6.45) is 1.95. The Labute approximate surface area is 86.3 Å². The van der Waals surface area contributed by atoms with Crippen molar-refractivity contribution in [3.05, 3.63) is 36.5 Å². The zero-order valence-corrected chi connectivity index (χ0v) is 9.21. The van der Waals surface area contributed by atoms with Crippen LogP contribution in [0.2, 0.25) is 0 Å². The topological polar surface area (TPSA) is 15.8 Å². The maximum Gasteiger partial charge on any atom is 0.0453 e. The molecule has 0 spiro atoms. The molecule has 0 atom stereocenters. The number of aromatic amines is 1. The Morgan fingerprint density at radius 2 is 1.64 bits per heavy atom. The second-order valence-corrected chi connectivity index (χ2v) is 2.06. The highest BCUT2D eigenvalue weighted by molar-refractivity contribution is 8.93. The normalized spacial score (nSPS) is 8.36. The maximum absolute atomic E-state index is 3.12. The molecule has 1 aromatic heterocycles. The Morgan fingerprint density at radius 1 is 0.909 bits per heavy atom. The highest BCUT2D eigenvalue weighted by Crippen LogP contribution is 2.09. The second-order valence-electron chi connectivity index (χ2n) is 2.06. The van der Waals surface area contributed by atoms with Crippen molar-refractivity contribution in [2.24, 2.45) is 0 Å². The number of nitrogens with one attached hydrogen (secondary N) is 1. The Kier molecular flexibility index (Phi) is 4.45. The summed E-state index contributed by atoms with van der Waals surface area (Å²) in [5, 5.41) is 1.28. The average Bonchev–Trinajstić information content (AvgIpc) is 2.33. The van der Waals surface area contributed by atoms with Gasteiger partial charge in [0, 0.05) is 11.7 Å². The van der Waals surface area contributed by atoms with Gasteiger partial charge in [0.2, 0.25) is 0 Å². The summed E-state index contributed by atoms with van der Waals surface area (Å²) >= 11 is 0. The van der Waals surface area contributed by atoms with Crippen molar-refractivity contribution in [1.82, 2.24) is 4.98 Å². The fourth-order valence-electron chi connectivity index (χ4n) is 0.995. The summed E-state index contributed by atoms with van der Waals surface area (Å²) in [7, 11) is 0. The minimum atomic E-state index is 0. The van der Waals surface area contributed by atoms with E-state index in [2.05, 4.69) is 23.2 Å². The third-order valence-electron chi connectivity index (χ3n) is 1.46. The van der Waals surface area contributed by atoms with Crippen LogP contribution in [0.25, 0.3) is 10.9 Å². The van der Waals surface area contributed by atoms with Crippen molar-refractivity contribution in [3.8, 4) is 0 Å². The predicted molar refractivity (Wildman–Crippen MR) is 58.9 cm³/mol. The van der Waals surface area contributed by atoms with E-state index in [0.29, 0.717) is 0 Å². The third-order valence-corrected chi connectivity index (χ3v) is 1.46. The lowest BCUT2D eigenvalue weighted by atomic mass is 10.3. The van der Waals surface area contributed by atoms with Gasteiger partial charge in [-0.15, -0.1) is 34.0 Å².